The molecule has 0 spiro atoms. The van der Waals surface area contributed by atoms with Gasteiger partial charge in [0.05, 0.1) is 6.04 Å². The van der Waals surface area contributed by atoms with Crippen LogP contribution in [0.2, 0.25) is 0 Å². The minimum absolute atomic E-state index is 0.533. The van der Waals surface area contributed by atoms with Crippen LogP contribution in [0.15, 0.2) is 18.5 Å². The Labute approximate surface area is 105 Å². The van der Waals surface area contributed by atoms with E-state index in [0.29, 0.717) is 12.1 Å². The van der Waals surface area contributed by atoms with Crippen LogP contribution in [0.4, 0.5) is 0 Å². The van der Waals surface area contributed by atoms with Gasteiger partial charge in [0, 0.05) is 18.4 Å². The van der Waals surface area contributed by atoms with Crippen molar-refractivity contribution in [1.29, 1.82) is 0 Å². The van der Waals surface area contributed by atoms with Gasteiger partial charge in [-0.05, 0) is 43.7 Å². The van der Waals surface area contributed by atoms with E-state index in [-0.39, 0.29) is 0 Å². The first-order chi connectivity index (χ1) is 8.22. The average Bonchev–Trinajstić information content (AvgIpc) is 2.83. The lowest BCUT2D eigenvalue weighted by Gasteiger charge is -2.38. The third-order valence-corrected chi connectivity index (χ3v) is 4.13. The van der Waals surface area contributed by atoms with Gasteiger partial charge in [-0.25, -0.2) is 0 Å². The predicted molar refractivity (Wildman–Crippen MR) is 70.9 cm³/mol. The van der Waals surface area contributed by atoms with Crippen molar-refractivity contribution >= 4 is 0 Å². The molecule has 1 aliphatic rings. The van der Waals surface area contributed by atoms with Gasteiger partial charge >= 0.3 is 0 Å². The molecule has 3 atom stereocenters. The molecular weight excluding hydrogens is 210 g/mol. The third kappa shape index (κ3) is 2.89. The number of rotatable bonds is 4. The first-order valence-corrected chi connectivity index (χ1v) is 6.94. The summed E-state index contributed by atoms with van der Waals surface area (Å²) in [5.41, 5.74) is 0. The van der Waals surface area contributed by atoms with Gasteiger partial charge in [0.1, 0.15) is 0 Å². The minimum Gasteiger partial charge on any atom is -0.312 e. The van der Waals surface area contributed by atoms with Crippen LogP contribution >= 0.6 is 0 Å². The molecule has 3 unspecified atom stereocenters. The molecule has 1 aromatic rings. The molecule has 1 N–H and O–H groups in total. The van der Waals surface area contributed by atoms with Crippen LogP contribution in [0, 0.1) is 11.8 Å². The van der Waals surface area contributed by atoms with Crippen LogP contribution in [-0.2, 0) is 0 Å². The Kier molecular flexibility index (Phi) is 4.21. The minimum atomic E-state index is 0.533. The SMILES string of the molecule is CCNC1CCC(C(C)C)CC1n1cccn1. The Morgan fingerprint density at radius 2 is 2.24 bits per heavy atom. The lowest BCUT2D eigenvalue weighted by Crippen LogP contribution is -2.42. The quantitative estimate of drug-likeness (QED) is 0.869. The molecule has 0 saturated heterocycles. The van der Waals surface area contributed by atoms with Crippen LogP contribution in [-0.4, -0.2) is 22.4 Å². The molecule has 1 aromatic heterocycles. The van der Waals surface area contributed by atoms with Crippen molar-refractivity contribution in [3.05, 3.63) is 18.5 Å². The van der Waals surface area contributed by atoms with Crippen molar-refractivity contribution in [2.75, 3.05) is 6.54 Å². The second kappa shape index (κ2) is 5.67. The van der Waals surface area contributed by atoms with Crippen LogP contribution in [0.3, 0.4) is 0 Å². The summed E-state index contributed by atoms with van der Waals surface area (Å²) in [4.78, 5) is 0. The number of nitrogens with one attached hydrogen (secondary N) is 1. The van der Waals surface area contributed by atoms with Crippen molar-refractivity contribution in [3.8, 4) is 0 Å². The summed E-state index contributed by atoms with van der Waals surface area (Å²) in [6, 6.07) is 3.16. The fourth-order valence-electron chi connectivity index (χ4n) is 3.05. The van der Waals surface area contributed by atoms with Gasteiger partial charge in [-0.3, -0.25) is 4.68 Å². The van der Waals surface area contributed by atoms with E-state index in [9.17, 15) is 0 Å². The van der Waals surface area contributed by atoms with E-state index in [1.54, 1.807) is 0 Å². The molecule has 2 rings (SSSR count). The highest BCUT2D eigenvalue weighted by molar-refractivity contribution is 4.92. The van der Waals surface area contributed by atoms with E-state index in [4.69, 9.17) is 0 Å². The number of nitrogens with zero attached hydrogens (tertiary/aromatic N) is 2. The van der Waals surface area contributed by atoms with Gasteiger partial charge in [0.25, 0.3) is 0 Å². The van der Waals surface area contributed by atoms with Crippen molar-refractivity contribution in [1.82, 2.24) is 15.1 Å². The molecule has 96 valence electrons. The molecule has 0 aromatic carbocycles. The van der Waals surface area contributed by atoms with Crippen molar-refractivity contribution in [2.45, 2.75) is 52.1 Å². The number of aromatic nitrogens is 2. The standard InChI is InChI=1S/C14H25N3/c1-4-15-13-7-6-12(11(2)3)10-14(13)17-9-5-8-16-17/h5,8-9,11-15H,4,6-7,10H2,1-3H3. The molecule has 3 nitrogen and oxygen atoms in total. The molecule has 17 heavy (non-hydrogen) atoms. The molecule has 1 fully saturated rings. The highest BCUT2D eigenvalue weighted by Gasteiger charge is 2.32. The van der Waals surface area contributed by atoms with Gasteiger partial charge in [0.2, 0.25) is 0 Å². The molecule has 1 heterocycles. The molecule has 3 heteroatoms. The van der Waals surface area contributed by atoms with Crippen LogP contribution in [0.25, 0.3) is 0 Å². The van der Waals surface area contributed by atoms with Gasteiger partial charge in [0.15, 0.2) is 0 Å². The largest absolute Gasteiger partial charge is 0.312 e. The summed E-state index contributed by atoms with van der Waals surface area (Å²) in [5, 5.41) is 8.06. The Bertz CT molecular complexity index is 318. The summed E-state index contributed by atoms with van der Waals surface area (Å²) in [6.45, 7) is 7.93. The van der Waals surface area contributed by atoms with Gasteiger partial charge < -0.3 is 5.32 Å². The number of hydrogen-bond acceptors (Lipinski definition) is 2. The monoisotopic (exact) mass is 235 g/mol. The van der Waals surface area contributed by atoms with E-state index in [2.05, 4.69) is 42.1 Å². The van der Waals surface area contributed by atoms with Crippen LogP contribution in [0.5, 0.6) is 0 Å². The first kappa shape index (κ1) is 12.6. The van der Waals surface area contributed by atoms with Crippen LogP contribution in [0.1, 0.15) is 46.1 Å². The maximum Gasteiger partial charge on any atom is 0.0674 e. The Balaban J connectivity index is 2.10. The maximum absolute atomic E-state index is 4.44. The van der Waals surface area contributed by atoms with E-state index < -0.39 is 0 Å². The summed E-state index contributed by atoms with van der Waals surface area (Å²) in [6.07, 6.45) is 7.89. The van der Waals surface area contributed by atoms with Crippen LogP contribution < -0.4 is 5.32 Å². The van der Waals surface area contributed by atoms with E-state index in [1.807, 2.05) is 12.3 Å². The molecule has 0 radical (unpaired) electrons. The summed E-state index contributed by atoms with van der Waals surface area (Å²) < 4.78 is 2.15. The number of likely N-dealkylation sites (N-methyl/N-ethyl adjacent to an activating group) is 1. The first-order valence-electron chi connectivity index (χ1n) is 6.94. The third-order valence-electron chi connectivity index (χ3n) is 4.13. The normalized spacial score (nSPS) is 29.8. The smallest absolute Gasteiger partial charge is 0.0674 e. The highest BCUT2D eigenvalue weighted by Crippen LogP contribution is 2.36. The van der Waals surface area contributed by atoms with Crippen molar-refractivity contribution in [2.24, 2.45) is 11.8 Å². The lowest BCUT2D eigenvalue weighted by molar-refractivity contribution is 0.164. The zero-order chi connectivity index (χ0) is 12.3. The van der Waals surface area contributed by atoms with Gasteiger partial charge in [-0.1, -0.05) is 20.8 Å². The Morgan fingerprint density at radius 1 is 1.41 bits per heavy atom. The molecule has 1 aliphatic carbocycles. The highest BCUT2D eigenvalue weighted by atomic mass is 15.3. The molecular formula is C14H25N3. The van der Waals surface area contributed by atoms with Gasteiger partial charge in [-0.15, -0.1) is 0 Å². The van der Waals surface area contributed by atoms with Crippen molar-refractivity contribution in [3.63, 3.8) is 0 Å². The predicted octanol–water partition coefficient (Wildman–Crippen LogP) is 2.86. The molecule has 0 aliphatic heterocycles. The summed E-state index contributed by atoms with van der Waals surface area (Å²) in [5.74, 6) is 1.63. The van der Waals surface area contributed by atoms with Gasteiger partial charge in [-0.2, -0.15) is 5.10 Å². The zero-order valence-electron chi connectivity index (χ0n) is 11.3. The fraction of sp³-hybridized carbons (Fsp3) is 0.786. The summed E-state index contributed by atoms with van der Waals surface area (Å²) in [7, 11) is 0. The zero-order valence-corrected chi connectivity index (χ0v) is 11.3. The number of hydrogen-bond donors (Lipinski definition) is 1. The molecule has 0 amide bonds. The topological polar surface area (TPSA) is 29.9 Å². The van der Waals surface area contributed by atoms with Crippen molar-refractivity contribution < 1.29 is 0 Å². The average molecular weight is 235 g/mol. The Hall–Kier alpha value is -0.830. The lowest BCUT2D eigenvalue weighted by atomic mass is 9.77. The molecule has 0 bridgehead atoms. The Morgan fingerprint density at radius 3 is 2.82 bits per heavy atom. The van der Waals surface area contributed by atoms with E-state index in [1.165, 1.54) is 19.3 Å². The maximum atomic E-state index is 4.44. The summed E-state index contributed by atoms with van der Waals surface area (Å²) >= 11 is 0. The fourth-order valence-corrected chi connectivity index (χ4v) is 3.05. The van der Waals surface area contributed by atoms with E-state index in [0.717, 1.165) is 18.4 Å². The molecule has 1 saturated carbocycles. The second-order valence-corrected chi connectivity index (χ2v) is 5.53. The van der Waals surface area contributed by atoms with E-state index >= 15 is 0 Å². The second-order valence-electron chi connectivity index (χ2n) is 5.53.